The van der Waals surface area contributed by atoms with Crippen molar-refractivity contribution < 1.29 is 4.79 Å². The van der Waals surface area contributed by atoms with Crippen molar-refractivity contribution in [1.29, 1.82) is 0 Å². The smallest absolute Gasteiger partial charge is 0.242 e. The van der Waals surface area contributed by atoms with Gasteiger partial charge in [0.05, 0.1) is 5.54 Å². The fourth-order valence-electron chi connectivity index (χ4n) is 2.35. The van der Waals surface area contributed by atoms with Crippen LogP contribution in [-0.4, -0.2) is 40.4 Å². The summed E-state index contributed by atoms with van der Waals surface area (Å²) in [6, 6.07) is 0. The van der Waals surface area contributed by atoms with Crippen LogP contribution >= 0.6 is 11.8 Å². The summed E-state index contributed by atoms with van der Waals surface area (Å²) in [6.07, 6.45) is 3.39. The van der Waals surface area contributed by atoms with Gasteiger partial charge in [0.2, 0.25) is 5.91 Å². The Bertz CT molecular complexity index is 276. The first-order chi connectivity index (χ1) is 7.55. The predicted octanol–water partition coefficient (Wildman–Crippen LogP) is 1.47. The van der Waals surface area contributed by atoms with Crippen molar-refractivity contribution in [1.82, 2.24) is 4.90 Å². The van der Waals surface area contributed by atoms with E-state index in [2.05, 4.69) is 6.92 Å². The highest BCUT2D eigenvalue weighted by molar-refractivity contribution is 8.00. The second kappa shape index (κ2) is 4.57. The van der Waals surface area contributed by atoms with E-state index in [9.17, 15) is 4.79 Å². The molecule has 2 aliphatic rings. The molecule has 1 saturated carbocycles. The summed E-state index contributed by atoms with van der Waals surface area (Å²) in [5.74, 6) is 1.66. The van der Waals surface area contributed by atoms with E-state index in [4.69, 9.17) is 5.73 Å². The Hall–Kier alpha value is -0.220. The van der Waals surface area contributed by atoms with E-state index in [1.165, 1.54) is 0 Å². The number of nitrogens with zero attached hydrogens (tertiary/aromatic N) is 1. The minimum atomic E-state index is -0.611. The molecular weight excluding hydrogens is 220 g/mol. The second-order valence-corrected chi connectivity index (χ2v) is 6.62. The van der Waals surface area contributed by atoms with Crippen LogP contribution in [-0.2, 0) is 4.79 Å². The van der Waals surface area contributed by atoms with Gasteiger partial charge in [0, 0.05) is 24.1 Å². The predicted molar refractivity (Wildman–Crippen MR) is 68.4 cm³/mol. The molecule has 1 aliphatic heterocycles. The first-order valence-electron chi connectivity index (χ1n) is 6.25. The summed E-state index contributed by atoms with van der Waals surface area (Å²) in [5, 5.41) is 0.604. The minimum Gasteiger partial charge on any atom is -0.339 e. The van der Waals surface area contributed by atoms with E-state index in [1.54, 1.807) is 0 Å². The Morgan fingerprint density at radius 3 is 2.81 bits per heavy atom. The summed E-state index contributed by atoms with van der Waals surface area (Å²) < 4.78 is 0. The van der Waals surface area contributed by atoms with E-state index < -0.39 is 5.54 Å². The van der Waals surface area contributed by atoms with Crippen LogP contribution in [0.15, 0.2) is 0 Å². The Balaban J connectivity index is 1.98. The van der Waals surface area contributed by atoms with Crippen molar-refractivity contribution in [3.63, 3.8) is 0 Å². The highest BCUT2D eigenvalue weighted by Crippen LogP contribution is 2.39. The van der Waals surface area contributed by atoms with Crippen molar-refractivity contribution in [3.05, 3.63) is 0 Å². The van der Waals surface area contributed by atoms with Gasteiger partial charge in [0.1, 0.15) is 0 Å². The average molecular weight is 242 g/mol. The van der Waals surface area contributed by atoms with Gasteiger partial charge in [-0.1, -0.05) is 6.92 Å². The van der Waals surface area contributed by atoms with Crippen LogP contribution in [0, 0.1) is 5.92 Å². The third-order valence-corrected chi connectivity index (χ3v) is 5.14. The lowest BCUT2D eigenvalue weighted by molar-refractivity contribution is -0.137. The first kappa shape index (κ1) is 12.2. The minimum absolute atomic E-state index is 0.175. The standard InChI is InChI=1S/C12H22N2OS/c1-3-10-8-14(6-7-16-10)11(15)12(2,13)9-4-5-9/h9-10H,3-8,13H2,1-2H3. The van der Waals surface area contributed by atoms with E-state index in [0.717, 1.165) is 38.1 Å². The molecule has 1 heterocycles. The van der Waals surface area contributed by atoms with Crippen molar-refractivity contribution >= 4 is 17.7 Å². The van der Waals surface area contributed by atoms with Crippen molar-refractivity contribution in [2.75, 3.05) is 18.8 Å². The Morgan fingerprint density at radius 2 is 2.25 bits per heavy atom. The molecule has 1 amide bonds. The lowest BCUT2D eigenvalue weighted by Crippen LogP contribution is -2.57. The number of thioether (sulfide) groups is 1. The van der Waals surface area contributed by atoms with Gasteiger partial charge in [-0.3, -0.25) is 4.79 Å². The quantitative estimate of drug-likeness (QED) is 0.815. The van der Waals surface area contributed by atoms with E-state index >= 15 is 0 Å². The SMILES string of the molecule is CCC1CN(C(=O)C(C)(N)C2CC2)CCS1. The molecule has 0 aromatic carbocycles. The number of hydrogen-bond acceptors (Lipinski definition) is 3. The molecule has 0 aromatic heterocycles. The molecule has 2 N–H and O–H groups in total. The highest BCUT2D eigenvalue weighted by atomic mass is 32.2. The molecule has 2 fully saturated rings. The molecule has 3 nitrogen and oxygen atoms in total. The molecule has 92 valence electrons. The number of rotatable bonds is 3. The molecule has 2 rings (SSSR count). The molecule has 4 heteroatoms. The van der Waals surface area contributed by atoms with Crippen LogP contribution in [0.1, 0.15) is 33.1 Å². The van der Waals surface area contributed by atoms with Gasteiger partial charge in [-0.05, 0) is 32.1 Å². The van der Waals surface area contributed by atoms with Gasteiger partial charge >= 0.3 is 0 Å². The molecule has 0 spiro atoms. The van der Waals surface area contributed by atoms with E-state index in [1.807, 2.05) is 23.6 Å². The summed E-state index contributed by atoms with van der Waals surface area (Å²) in [4.78, 5) is 14.3. The molecule has 2 atom stereocenters. The topological polar surface area (TPSA) is 46.3 Å². The normalized spacial score (nSPS) is 29.9. The van der Waals surface area contributed by atoms with Crippen LogP contribution in [0.4, 0.5) is 0 Å². The molecule has 0 aromatic rings. The lowest BCUT2D eigenvalue weighted by atomic mass is 9.95. The number of carbonyl (C=O) groups excluding carboxylic acids is 1. The fourth-order valence-corrected chi connectivity index (χ4v) is 3.53. The van der Waals surface area contributed by atoms with Crippen molar-refractivity contribution in [3.8, 4) is 0 Å². The van der Waals surface area contributed by atoms with Crippen LogP contribution in [0.25, 0.3) is 0 Å². The van der Waals surface area contributed by atoms with Crippen molar-refractivity contribution in [2.24, 2.45) is 11.7 Å². The van der Waals surface area contributed by atoms with Gasteiger partial charge < -0.3 is 10.6 Å². The maximum Gasteiger partial charge on any atom is 0.242 e. The fraction of sp³-hybridized carbons (Fsp3) is 0.917. The van der Waals surface area contributed by atoms with E-state index in [0.29, 0.717) is 11.2 Å². The molecule has 1 aliphatic carbocycles. The molecule has 0 bridgehead atoms. The van der Waals surface area contributed by atoms with Crippen LogP contribution in [0.3, 0.4) is 0 Å². The van der Waals surface area contributed by atoms with E-state index in [-0.39, 0.29) is 5.91 Å². The summed E-state index contributed by atoms with van der Waals surface area (Å²) >= 11 is 1.98. The first-order valence-corrected chi connectivity index (χ1v) is 7.30. The average Bonchev–Trinajstić information content (AvgIpc) is 3.12. The highest BCUT2D eigenvalue weighted by Gasteiger charge is 2.46. The number of nitrogens with two attached hydrogens (primary N) is 1. The zero-order chi connectivity index (χ0) is 11.8. The number of hydrogen-bond donors (Lipinski definition) is 1. The number of amides is 1. The third kappa shape index (κ3) is 2.38. The zero-order valence-corrected chi connectivity index (χ0v) is 11.1. The Labute approximate surface area is 102 Å². The third-order valence-electron chi connectivity index (χ3n) is 3.77. The summed E-state index contributed by atoms with van der Waals surface area (Å²) in [7, 11) is 0. The Morgan fingerprint density at radius 1 is 1.56 bits per heavy atom. The van der Waals surface area contributed by atoms with Crippen LogP contribution in [0.5, 0.6) is 0 Å². The maximum atomic E-state index is 12.4. The molecule has 0 radical (unpaired) electrons. The maximum absolute atomic E-state index is 12.4. The molecular formula is C12H22N2OS. The van der Waals surface area contributed by atoms with Gasteiger partial charge in [0.25, 0.3) is 0 Å². The van der Waals surface area contributed by atoms with Gasteiger partial charge in [-0.25, -0.2) is 0 Å². The molecule has 1 saturated heterocycles. The monoisotopic (exact) mass is 242 g/mol. The molecule has 16 heavy (non-hydrogen) atoms. The van der Waals surface area contributed by atoms with Crippen LogP contribution in [0.2, 0.25) is 0 Å². The summed E-state index contributed by atoms with van der Waals surface area (Å²) in [6.45, 7) is 5.86. The van der Waals surface area contributed by atoms with Gasteiger partial charge in [-0.15, -0.1) is 0 Å². The largest absolute Gasteiger partial charge is 0.339 e. The lowest BCUT2D eigenvalue weighted by Gasteiger charge is -2.37. The molecule has 2 unspecified atom stereocenters. The zero-order valence-electron chi connectivity index (χ0n) is 10.2. The summed E-state index contributed by atoms with van der Waals surface area (Å²) in [5.41, 5.74) is 5.57. The Kier molecular flexibility index (Phi) is 3.50. The van der Waals surface area contributed by atoms with Crippen LogP contribution < -0.4 is 5.73 Å². The van der Waals surface area contributed by atoms with Crippen molar-refractivity contribution in [2.45, 2.75) is 43.9 Å². The van der Waals surface area contributed by atoms with Gasteiger partial charge in [0.15, 0.2) is 0 Å². The van der Waals surface area contributed by atoms with Gasteiger partial charge in [-0.2, -0.15) is 11.8 Å². The number of carbonyl (C=O) groups is 1. The second-order valence-electron chi connectivity index (χ2n) is 5.21.